The van der Waals surface area contributed by atoms with E-state index in [-0.39, 0.29) is 10.2 Å². The molecule has 2 nitrogen and oxygen atoms in total. The Hall–Kier alpha value is -0.580. The molecule has 1 unspecified atom stereocenters. The quantitative estimate of drug-likeness (QED) is 0.845. The van der Waals surface area contributed by atoms with Crippen LogP contribution in [0.15, 0.2) is 29.4 Å². The fraction of sp³-hybridized carbons (Fsp3) is 0.500. The molecular formula is C16H20O2S2. The smallest absolute Gasteiger partial charge is 0.137 e. The minimum absolute atomic E-state index is 0.0205. The van der Waals surface area contributed by atoms with E-state index in [1.165, 1.54) is 23.5 Å². The SMILES string of the molecule is C=CCCC1(c2occ3c2C=CC(O)C3)SCCCS1. The number of fused-ring (bicyclic) bond motifs is 1. The van der Waals surface area contributed by atoms with Crippen LogP contribution in [0.2, 0.25) is 0 Å². The standard InChI is InChI=1S/C16H20O2S2/c1-2-3-7-16(19-8-4-9-20-16)15-14-6-5-13(17)10-12(14)11-18-15/h2,5-6,11,13,17H,1,3-4,7-10H2. The van der Waals surface area contributed by atoms with Gasteiger partial charge in [0.25, 0.3) is 0 Å². The van der Waals surface area contributed by atoms with Gasteiger partial charge >= 0.3 is 0 Å². The number of rotatable bonds is 4. The van der Waals surface area contributed by atoms with Gasteiger partial charge in [0, 0.05) is 17.5 Å². The van der Waals surface area contributed by atoms with Crippen LogP contribution in [-0.2, 0) is 10.5 Å². The van der Waals surface area contributed by atoms with Gasteiger partial charge in [-0.2, -0.15) is 0 Å². The van der Waals surface area contributed by atoms with E-state index >= 15 is 0 Å². The summed E-state index contributed by atoms with van der Waals surface area (Å²) in [5, 5.41) is 9.73. The first-order valence-corrected chi connectivity index (χ1v) is 9.08. The molecule has 0 radical (unpaired) electrons. The molecule has 1 atom stereocenters. The maximum Gasteiger partial charge on any atom is 0.137 e. The van der Waals surface area contributed by atoms with Gasteiger partial charge in [0.15, 0.2) is 0 Å². The second-order valence-electron chi connectivity index (χ2n) is 5.27. The summed E-state index contributed by atoms with van der Waals surface area (Å²) in [6, 6.07) is 0. The highest BCUT2D eigenvalue weighted by molar-refractivity contribution is 8.18. The summed E-state index contributed by atoms with van der Waals surface area (Å²) >= 11 is 4.01. The molecule has 20 heavy (non-hydrogen) atoms. The predicted octanol–water partition coefficient (Wildman–Crippen LogP) is 4.20. The molecule has 1 aromatic heterocycles. The van der Waals surface area contributed by atoms with Gasteiger partial charge in [-0.05, 0) is 30.8 Å². The number of hydrogen-bond acceptors (Lipinski definition) is 4. The van der Waals surface area contributed by atoms with Crippen LogP contribution in [0.4, 0.5) is 0 Å². The van der Waals surface area contributed by atoms with E-state index in [1.807, 2.05) is 48.0 Å². The fourth-order valence-electron chi connectivity index (χ4n) is 2.79. The predicted molar refractivity (Wildman–Crippen MR) is 88.1 cm³/mol. The van der Waals surface area contributed by atoms with Crippen molar-refractivity contribution in [3.8, 4) is 0 Å². The summed E-state index contributed by atoms with van der Waals surface area (Å²) in [5.74, 6) is 3.46. The molecule has 1 N–H and O–H groups in total. The zero-order valence-electron chi connectivity index (χ0n) is 11.5. The van der Waals surface area contributed by atoms with Crippen LogP contribution >= 0.6 is 23.5 Å². The molecule has 2 heterocycles. The lowest BCUT2D eigenvalue weighted by Crippen LogP contribution is -2.23. The molecule has 1 aromatic rings. The Morgan fingerprint density at radius 3 is 3.00 bits per heavy atom. The van der Waals surface area contributed by atoms with Crippen molar-refractivity contribution in [3.05, 3.63) is 41.9 Å². The second kappa shape index (κ2) is 6.04. The van der Waals surface area contributed by atoms with Gasteiger partial charge in [-0.15, -0.1) is 30.1 Å². The molecule has 0 saturated carbocycles. The van der Waals surface area contributed by atoms with E-state index in [1.54, 1.807) is 0 Å². The normalized spacial score (nSPS) is 24.4. The van der Waals surface area contributed by atoms with E-state index in [0.717, 1.165) is 24.2 Å². The third-order valence-corrected chi connectivity index (χ3v) is 7.21. The van der Waals surface area contributed by atoms with Crippen LogP contribution in [0.3, 0.4) is 0 Å². The first-order chi connectivity index (χ1) is 9.75. The Balaban J connectivity index is 1.96. The van der Waals surface area contributed by atoms with Crippen LogP contribution in [0.5, 0.6) is 0 Å². The van der Waals surface area contributed by atoms with Crippen molar-refractivity contribution >= 4 is 29.6 Å². The number of thioether (sulfide) groups is 2. The highest BCUT2D eigenvalue weighted by Crippen LogP contribution is 2.55. The monoisotopic (exact) mass is 308 g/mol. The van der Waals surface area contributed by atoms with Gasteiger partial charge in [-0.25, -0.2) is 0 Å². The van der Waals surface area contributed by atoms with Crippen molar-refractivity contribution in [3.63, 3.8) is 0 Å². The lowest BCUT2D eigenvalue weighted by Gasteiger charge is -2.35. The van der Waals surface area contributed by atoms with Crippen LogP contribution in [0.1, 0.15) is 36.1 Å². The third-order valence-electron chi connectivity index (χ3n) is 3.81. The summed E-state index contributed by atoms with van der Waals surface area (Å²) in [4.78, 5) is 0. The van der Waals surface area contributed by atoms with Crippen LogP contribution in [0, 0.1) is 0 Å². The molecular weight excluding hydrogens is 288 g/mol. The molecule has 0 spiro atoms. The number of furan rings is 1. The van der Waals surface area contributed by atoms with Gasteiger partial charge in [0.2, 0.25) is 0 Å². The molecule has 4 heteroatoms. The van der Waals surface area contributed by atoms with Crippen molar-refractivity contribution in [2.45, 2.75) is 35.9 Å². The number of aliphatic hydroxyl groups excluding tert-OH is 1. The number of hydrogen-bond donors (Lipinski definition) is 1. The average Bonchev–Trinajstić information content (AvgIpc) is 2.89. The van der Waals surface area contributed by atoms with Crippen molar-refractivity contribution in [2.75, 3.05) is 11.5 Å². The van der Waals surface area contributed by atoms with Gasteiger partial charge in [-0.3, -0.25) is 0 Å². The largest absolute Gasteiger partial charge is 0.466 e. The zero-order chi connectivity index (χ0) is 14.0. The Morgan fingerprint density at radius 1 is 1.45 bits per heavy atom. The van der Waals surface area contributed by atoms with Crippen molar-refractivity contribution in [1.29, 1.82) is 0 Å². The molecule has 1 aliphatic carbocycles. The molecule has 0 aromatic carbocycles. The summed E-state index contributed by atoms with van der Waals surface area (Å²) in [5.41, 5.74) is 2.33. The highest BCUT2D eigenvalue weighted by atomic mass is 32.2. The minimum atomic E-state index is -0.372. The third kappa shape index (κ3) is 2.61. The maximum absolute atomic E-state index is 9.73. The molecule has 3 rings (SSSR count). The molecule has 0 amide bonds. The van der Waals surface area contributed by atoms with Gasteiger partial charge < -0.3 is 9.52 Å². The van der Waals surface area contributed by atoms with Crippen molar-refractivity contribution < 1.29 is 9.52 Å². The number of aliphatic hydroxyl groups is 1. The van der Waals surface area contributed by atoms with Crippen molar-refractivity contribution in [2.24, 2.45) is 0 Å². The minimum Gasteiger partial charge on any atom is -0.466 e. The Morgan fingerprint density at radius 2 is 2.25 bits per heavy atom. The van der Waals surface area contributed by atoms with E-state index in [9.17, 15) is 5.11 Å². The van der Waals surface area contributed by atoms with Crippen molar-refractivity contribution in [1.82, 2.24) is 0 Å². The number of allylic oxidation sites excluding steroid dienone is 1. The summed E-state index contributed by atoms with van der Waals surface area (Å²) in [6.45, 7) is 3.86. The zero-order valence-corrected chi connectivity index (χ0v) is 13.1. The molecule has 1 fully saturated rings. The van der Waals surface area contributed by atoms with E-state index in [4.69, 9.17) is 4.42 Å². The lowest BCUT2D eigenvalue weighted by molar-refractivity contribution is 0.223. The molecule has 1 aliphatic heterocycles. The van der Waals surface area contributed by atoms with E-state index in [2.05, 4.69) is 6.58 Å². The van der Waals surface area contributed by atoms with Crippen LogP contribution in [0.25, 0.3) is 6.08 Å². The van der Waals surface area contributed by atoms with Crippen LogP contribution in [-0.4, -0.2) is 22.7 Å². The van der Waals surface area contributed by atoms with Gasteiger partial charge in [0.1, 0.15) is 9.84 Å². The summed E-state index contributed by atoms with van der Waals surface area (Å²) < 4.78 is 5.99. The fourth-order valence-corrected chi connectivity index (χ4v) is 6.15. The first-order valence-electron chi connectivity index (χ1n) is 7.11. The van der Waals surface area contributed by atoms with Gasteiger partial charge in [0.05, 0.1) is 12.4 Å². The molecule has 108 valence electrons. The Labute approximate surface area is 128 Å². The summed E-state index contributed by atoms with van der Waals surface area (Å²) in [6.07, 6.45) is 11.4. The Kier molecular flexibility index (Phi) is 4.34. The lowest BCUT2D eigenvalue weighted by atomic mass is 9.96. The average molecular weight is 308 g/mol. The molecule has 0 bridgehead atoms. The molecule has 2 aliphatic rings. The summed E-state index contributed by atoms with van der Waals surface area (Å²) in [7, 11) is 0. The first kappa shape index (κ1) is 14.4. The van der Waals surface area contributed by atoms with E-state index in [0.29, 0.717) is 6.42 Å². The van der Waals surface area contributed by atoms with E-state index < -0.39 is 0 Å². The maximum atomic E-state index is 9.73. The van der Waals surface area contributed by atoms with Crippen LogP contribution < -0.4 is 0 Å². The topological polar surface area (TPSA) is 33.4 Å². The Bertz CT molecular complexity index is 513. The molecule has 1 saturated heterocycles. The highest BCUT2D eigenvalue weighted by Gasteiger charge is 2.40. The van der Waals surface area contributed by atoms with Gasteiger partial charge in [-0.1, -0.05) is 18.2 Å². The second-order valence-corrected chi connectivity index (χ2v) is 8.31.